The Labute approximate surface area is 195 Å². The van der Waals surface area contributed by atoms with Gasteiger partial charge in [-0.2, -0.15) is 14.4 Å². The number of aryl methyl sites for hydroxylation is 1. The number of hydrogen-bond acceptors (Lipinski definition) is 7. The Balaban J connectivity index is 2.03. The molecule has 0 aliphatic carbocycles. The molecule has 2 unspecified atom stereocenters. The molecule has 2 heterocycles. The second-order valence-electron chi connectivity index (χ2n) is 8.38. The first-order valence-electron chi connectivity index (χ1n) is 11.7. The molecule has 2 atom stereocenters. The Bertz CT molecular complexity index is 942. The number of methoxy groups -OCH3 is 1. The zero-order valence-electron chi connectivity index (χ0n) is 20.0. The smallest absolute Gasteiger partial charge is 0.312 e. The molecule has 0 bridgehead atoms. The van der Waals surface area contributed by atoms with Crippen LogP contribution in [0.5, 0.6) is 0 Å². The van der Waals surface area contributed by atoms with Crippen molar-refractivity contribution in [2.45, 2.75) is 83.8 Å². The minimum absolute atomic E-state index is 0.0304. The van der Waals surface area contributed by atoms with Gasteiger partial charge in [0.05, 0.1) is 12.2 Å². The number of aromatic nitrogens is 4. The van der Waals surface area contributed by atoms with E-state index in [1.165, 1.54) is 19.9 Å². The van der Waals surface area contributed by atoms with Gasteiger partial charge in [0.1, 0.15) is 12.1 Å². The van der Waals surface area contributed by atoms with E-state index in [1.807, 2.05) is 0 Å². The largest absolute Gasteiger partial charge is 0.461 e. The summed E-state index contributed by atoms with van der Waals surface area (Å²) in [6.45, 7) is 4.53. The fraction of sp³-hybridized carbons (Fsp3) is 0.667. The molecule has 0 fully saturated rings. The molecule has 0 saturated heterocycles. The Kier molecular flexibility index (Phi) is 10.5. The van der Waals surface area contributed by atoms with Gasteiger partial charge in [-0.15, -0.1) is 6.42 Å². The maximum atomic E-state index is 13.6. The van der Waals surface area contributed by atoms with E-state index < -0.39 is 11.7 Å². The molecule has 33 heavy (non-hydrogen) atoms. The minimum atomic E-state index is -1.12. The molecule has 2 aromatic heterocycles. The normalized spacial score (nSPS) is 14.0. The maximum absolute atomic E-state index is 13.6. The van der Waals surface area contributed by atoms with Crippen LogP contribution in [0, 0.1) is 24.3 Å². The van der Waals surface area contributed by atoms with Crippen LogP contribution >= 0.6 is 0 Å². The van der Waals surface area contributed by atoms with Crippen LogP contribution in [0.25, 0.3) is 11.2 Å². The van der Waals surface area contributed by atoms with E-state index in [1.54, 1.807) is 4.57 Å². The van der Waals surface area contributed by atoms with Gasteiger partial charge in [-0.05, 0) is 12.8 Å². The molecular weight excluding hydrogens is 425 g/mol. The number of carbonyl (C=O) groups excluding carboxylic acids is 1. The van der Waals surface area contributed by atoms with Crippen molar-refractivity contribution in [2.75, 3.05) is 19.5 Å². The quantitative estimate of drug-likeness (QED) is 0.183. The fourth-order valence-corrected chi connectivity index (χ4v) is 3.76. The van der Waals surface area contributed by atoms with Gasteiger partial charge in [-0.3, -0.25) is 4.79 Å². The zero-order valence-corrected chi connectivity index (χ0v) is 20.0. The fourth-order valence-electron chi connectivity index (χ4n) is 3.76. The molecule has 2 aromatic rings. The lowest BCUT2D eigenvalue weighted by Gasteiger charge is -2.27. The second kappa shape index (κ2) is 13.1. The van der Waals surface area contributed by atoms with Crippen LogP contribution in [0.4, 0.5) is 10.2 Å². The lowest BCUT2D eigenvalue weighted by Crippen LogP contribution is -2.38. The second-order valence-corrected chi connectivity index (χ2v) is 8.38. The van der Waals surface area contributed by atoms with Crippen LogP contribution < -0.4 is 5.73 Å². The number of ether oxygens (including phenoxy) is 2. The third-order valence-electron chi connectivity index (χ3n) is 5.97. The average Bonchev–Trinajstić information content (AvgIpc) is 3.22. The Morgan fingerprint density at radius 2 is 1.97 bits per heavy atom. The first-order chi connectivity index (χ1) is 15.9. The highest BCUT2D eigenvalue weighted by Crippen LogP contribution is 2.23. The molecule has 0 saturated carbocycles. The van der Waals surface area contributed by atoms with E-state index in [2.05, 4.69) is 34.7 Å². The van der Waals surface area contributed by atoms with Crippen molar-refractivity contribution in [3.8, 4) is 12.3 Å². The Morgan fingerprint density at radius 1 is 1.24 bits per heavy atom. The van der Waals surface area contributed by atoms with Crippen LogP contribution in [0.1, 0.15) is 71.6 Å². The Hall–Kier alpha value is -2.73. The van der Waals surface area contributed by atoms with Gasteiger partial charge in [-0.25, -0.2) is 4.98 Å². The number of rotatable bonds is 15. The molecule has 8 nitrogen and oxygen atoms in total. The van der Waals surface area contributed by atoms with Crippen molar-refractivity contribution < 1.29 is 18.7 Å². The first-order valence-corrected chi connectivity index (χ1v) is 11.7. The molecule has 0 spiro atoms. The molecule has 9 heteroatoms. The lowest BCUT2D eigenvalue weighted by atomic mass is 9.95. The number of nitrogen functional groups attached to an aromatic ring is 1. The van der Waals surface area contributed by atoms with Gasteiger partial charge >= 0.3 is 12.0 Å². The summed E-state index contributed by atoms with van der Waals surface area (Å²) in [7, 11) is 1.48. The third kappa shape index (κ3) is 7.39. The predicted molar refractivity (Wildman–Crippen MR) is 126 cm³/mol. The molecule has 0 amide bonds. The van der Waals surface area contributed by atoms with Crippen molar-refractivity contribution >= 4 is 23.0 Å². The van der Waals surface area contributed by atoms with E-state index in [-0.39, 0.29) is 30.0 Å². The molecule has 0 aliphatic heterocycles. The molecule has 0 aromatic carbocycles. The highest BCUT2D eigenvalue weighted by atomic mass is 19.1. The summed E-state index contributed by atoms with van der Waals surface area (Å²) in [5.74, 6) is 2.24. The summed E-state index contributed by atoms with van der Waals surface area (Å²) in [5, 5.41) is 0. The number of unbranched alkanes of at least 4 members (excludes halogenated alkanes) is 4. The summed E-state index contributed by atoms with van der Waals surface area (Å²) in [5.41, 5.74) is 5.18. The minimum Gasteiger partial charge on any atom is -0.461 e. The van der Waals surface area contributed by atoms with Crippen LogP contribution in [0.2, 0.25) is 0 Å². The van der Waals surface area contributed by atoms with Gasteiger partial charge in [0.2, 0.25) is 0 Å². The number of anilines is 1. The number of nitrogens with zero attached hydrogens (tertiary/aromatic N) is 4. The van der Waals surface area contributed by atoms with E-state index in [0.717, 1.165) is 44.9 Å². The summed E-state index contributed by atoms with van der Waals surface area (Å²) in [6.07, 6.45) is 14.7. The van der Waals surface area contributed by atoms with Crippen LogP contribution in [-0.2, 0) is 20.8 Å². The lowest BCUT2D eigenvalue weighted by molar-refractivity contribution is -0.156. The molecule has 0 radical (unpaired) electrons. The molecular formula is C24H36FN5O3. The zero-order chi connectivity index (χ0) is 24.3. The van der Waals surface area contributed by atoms with Crippen molar-refractivity contribution in [3.63, 3.8) is 0 Å². The SMILES string of the molecule is C#CC(CCn1cnc2c(N)nc(F)nc21)(COC(=O)C(CCCC)CCCCCC)OC. The summed E-state index contributed by atoms with van der Waals surface area (Å²) in [6, 6.07) is 0. The van der Waals surface area contributed by atoms with E-state index in [4.69, 9.17) is 21.6 Å². The van der Waals surface area contributed by atoms with Crippen molar-refractivity contribution in [3.05, 3.63) is 12.4 Å². The van der Waals surface area contributed by atoms with Gasteiger partial charge in [0, 0.05) is 20.1 Å². The molecule has 2 rings (SSSR count). The summed E-state index contributed by atoms with van der Waals surface area (Å²) < 4.78 is 26.5. The van der Waals surface area contributed by atoms with Crippen molar-refractivity contribution in [2.24, 2.45) is 5.92 Å². The average molecular weight is 462 g/mol. The number of imidazole rings is 1. The highest BCUT2D eigenvalue weighted by Gasteiger charge is 2.31. The number of esters is 1. The maximum Gasteiger partial charge on any atom is 0.312 e. The summed E-state index contributed by atoms with van der Waals surface area (Å²) in [4.78, 5) is 24.3. The monoisotopic (exact) mass is 461 g/mol. The van der Waals surface area contributed by atoms with Crippen molar-refractivity contribution in [1.82, 2.24) is 19.5 Å². The van der Waals surface area contributed by atoms with Crippen molar-refractivity contribution in [1.29, 1.82) is 0 Å². The van der Waals surface area contributed by atoms with Gasteiger partial charge in [-0.1, -0.05) is 58.3 Å². The van der Waals surface area contributed by atoms with E-state index in [9.17, 15) is 9.18 Å². The number of fused-ring (bicyclic) bond motifs is 1. The number of hydrogen-bond donors (Lipinski definition) is 1. The van der Waals surface area contributed by atoms with Gasteiger partial charge < -0.3 is 19.8 Å². The predicted octanol–water partition coefficient (Wildman–Crippen LogP) is 4.28. The number of nitrogens with two attached hydrogens (primary N) is 1. The summed E-state index contributed by atoms with van der Waals surface area (Å²) >= 11 is 0. The van der Waals surface area contributed by atoms with Crippen LogP contribution in [0.15, 0.2) is 6.33 Å². The number of terminal acetylenes is 1. The van der Waals surface area contributed by atoms with E-state index >= 15 is 0 Å². The molecule has 0 aliphatic rings. The number of halogens is 1. The molecule has 182 valence electrons. The molecule has 2 N–H and O–H groups in total. The first kappa shape index (κ1) is 26.5. The number of carbonyl (C=O) groups is 1. The Morgan fingerprint density at radius 3 is 2.64 bits per heavy atom. The standard InChI is InChI=1S/C24H36FN5O3/c1-5-8-10-11-13-18(12-9-6-2)22(31)33-16-24(7-3,32-4)14-15-30-17-27-19-20(26)28-23(25)29-21(19)30/h3,17-18H,5-6,8-16H2,1-2,4H3,(H2,26,28,29). The topological polar surface area (TPSA) is 105 Å². The third-order valence-corrected chi connectivity index (χ3v) is 5.97. The van der Waals surface area contributed by atoms with E-state index in [0.29, 0.717) is 18.5 Å². The van der Waals surface area contributed by atoms with Crippen LogP contribution in [0.3, 0.4) is 0 Å². The highest BCUT2D eigenvalue weighted by molar-refractivity contribution is 5.81. The van der Waals surface area contributed by atoms with Gasteiger partial charge in [0.25, 0.3) is 0 Å². The van der Waals surface area contributed by atoms with Gasteiger partial charge in [0.15, 0.2) is 17.1 Å². The van der Waals surface area contributed by atoms with Crippen LogP contribution in [-0.4, -0.2) is 44.8 Å².